The zero-order chi connectivity index (χ0) is 19.6. The molecule has 9 nitrogen and oxygen atoms in total. The SMILES string of the molecule is Cc1ccc(C)c(OCC(=O)NNC(=O)c2nc3nc(C)cc(C)n3n2)c1. The quantitative estimate of drug-likeness (QED) is 0.670. The molecule has 0 bridgehead atoms. The van der Waals surface area contributed by atoms with E-state index in [-0.39, 0.29) is 12.4 Å². The van der Waals surface area contributed by atoms with E-state index in [4.69, 9.17) is 4.74 Å². The number of amides is 2. The summed E-state index contributed by atoms with van der Waals surface area (Å²) < 4.78 is 6.95. The number of aryl methyl sites for hydroxylation is 4. The van der Waals surface area contributed by atoms with Crippen LogP contribution >= 0.6 is 0 Å². The Bertz CT molecular complexity index is 1030. The minimum Gasteiger partial charge on any atom is -0.483 e. The fourth-order valence-electron chi connectivity index (χ4n) is 2.49. The predicted molar refractivity (Wildman–Crippen MR) is 97.3 cm³/mol. The number of hydrazine groups is 1. The molecule has 0 saturated heterocycles. The highest BCUT2D eigenvalue weighted by Gasteiger charge is 2.16. The second-order valence-corrected chi connectivity index (χ2v) is 6.25. The van der Waals surface area contributed by atoms with Gasteiger partial charge in [0.25, 0.3) is 11.7 Å². The van der Waals surface area contributed by atoms with Crippen LogP contribution in [0.1, 0.15) is 33.1 Å². The number of fused-ring (bicyclic) bond motifs is 1. The molecule has 2 aromatic heterocycles. The van der Waals surface area contributed by atoms with Gasteiger partial charge in [0.2, 0.25) is 5.82 Å². The molecule has 2 N–H and O–H groups in total. The molecular formula is C18H20N6O3. The van der Waals surface area contributed by atoms with Gasteiger partial charge in [0.15, 0.2) is 6.61 Å². The maximum atomic E-state index is 12.2. The first kappa shape index (κ1) is 18.3. The van der Waals surface area contributed by atoms with Crippen LogP contribution in [0.5, 0.6) is 5.75 Å². The van der Waals surface area contributed by atoms with Crippen molar-refractivity contribution in [3.05, 3.63) is 52.6 Å². The molecule has 9 heteroatoms. The largest absolute Gasteiger partial charge is 0.483 e. The van der Waals surface area contributed by atoms with E-state index in [0.29, 0.717) is 11.5 Å². The predicted octanol–water partition coefficient (Wildman–Crippen LogP) is 1.20. The van der Waals surface area contributed by atoms with Crippen LogP contribution in [-0.4, -0.2) is 38.0 Å². The molecule has 0 saturated carbocycles. The normalized spacial score (nSPS) is 10.7. The highest BCUT2D eigenvalue weighted by atomic mass is 16.5. The average molecular weight is 368 g/mol. The molecule has 0 fully saturated rings. The Morgan fingerprint density at radius 1 is 1.07 bits per heavy atom. The monoisotopic (exact) mass is 368 g/mol. The molecule has 3 aromatic rings. The third-order valence-corrected chi connectivity index (χ3v) is 3.84. The smallest absolute Gasteiger partial charge is 0.309 e. The van der Waals surface area contributed by atoms with Gasteiger partial charge in [-0.25, -0.2) is 9.50 Å². The standard InChI is InChI=1S/C18H20N6O3/c1-10-5-6-11(2)14(7-10)27-9-15(25)21-22-17(26)16-20-18-19-12(3)8-13(4)24(18)23-16/h5-8H,9H2,1-4H3,(H,21,25)(H,22,26). The lowest BCUT2D eigenvalue weighted by atomic mass is 10.1. The fourth-order valence-corrected chi connectivity index (χ4v) is 2.49. The van der Waals surface area contributed by atoms with Crippen molar-refractivity contribution < 1.29 is 14.3 Å². The highest BCUT2D eigenvalue weighted by molar-refractivity contribution is 5.92. The van der Waals surface area contributed by atoms with Gasteiger partial charge in [0.1, 0.15) is 5.75 Å². The van der Waals surface area contributed by atoms with Gasteiger partial charge in [-0.3, -0.25) is 20.4 Å². The molecule has 140 valence electrons. The van der Waals surface area contributed by atoms with Gasteiger partial charge in [-0.2, -0.15) is 4.98 Å². The van der Waals surface area contributed by atoms with Crippen molar-refractivity contribution in [2.45, 2.75) is 27.7 Å². The Morgan fingerprint density at radius 3 is 2.63 bits per heavy atom. The summed E-state index contributed by atoms with van der Waals surface area (Å²) in [5, 5.41) is 4.09. The minimum atomic E-state index is -0.641. The summed E-state index contributed by atoms with van der Waals surface area (Å²) in [6.07, 6.45) is 0. The Kier molecular flexibility index (Phi) is 5.02. The maximum absolute atomic E-state index is 12.2. The Hall–Kier alpha value is -3.49. The number of nitrogens with one attached hydrogen (secondary N) is 2. The topological polar surface area (TPSA) is 111 Å². The first-order valence-electron chi connectivity index (χ1n) is 8.34. The van der Waals surface area contributed by atoms with E-state index >= 15 is 0 Å². The number of rotatable bonds is 4. The van der Waals surface area contributed by atoms with Crippen LogP contribution in [0.25, 0.3) is 5.78 Å². The molecule has 2 heterocycles. The van der Waals surface area contributed by atoms with E-state index in [9.17, 15) is 9.59 Å². The molecule has 27 heavy (non-hydrogen) atoms. The van der Waals surface area contributed by atoms with Crippen molar-refractivity contribution in [1.82, 2.24) is 30.4 Å². The second-order valence-electron chi connectivity index (χ2n) is 6.25. The molecule has 0 unspecified atom stereocenters. The highest BCUT2D eigenvalue weighted by Crippen LogP contribution is 2.18. The van der Waals surface area contributed by atoms with E-state index in [1.807, 2.05) is 52.0 Å². The van der Waals surface area contributed by atoms with Crippen LogP contribution in [0.2, 0.25) is 0 Å². The lowest BCUT2D eigenvalue weighted by Gasteiger charge is -2.10. The first-order chi connectivity index (χ1) is 12.8. The minimum absolute atomic E-state index is 0.0908. The van der Waals surface area contributed by atoms with Gasteiger partial charge in [-0.15, -0.1) is 5.10 Å². The molecule has 2 amide bonds. The Morgan fingerprint density at radius 2 is 1.85 bits per heavy atom. The summed E-state index contributed by atoms with van der Waals surface area (Å²) in [5.41, 5.74) is 8.08. The van der Waals surface area contributed by atoms with Crippen molar-refractivity contribution >= 4 is 17.6 Å². The molecule has 1 aromatic carbocycles. The van der Waals surface area contributed by atoms with Crippen LogP contribution in [0.3, 0.4) is 0 Å². The van der Waals surface area contributed by atoms with E-state index in [0.717, 1.165) is 22.5 Å². The van der Waals surface area contributed by atoms with E-state index in [1.165, 1.54) is 4.52 Å². The Balaban J connectivity index is 1.58. The number of hydrogen-bond acceptors (Lipinski definition) is 6. The number of nitrogens with zero attached hydrogens (tertiary/aromatic N) is 4. The van der Waals surface area contributed by atoms with Crippen LogP contribution < -0.4 is 15.6 Å². The van der Waals surface area contributed by atoms with E-state index in [1.54, 1.807) is 0 Å². The summed E-state index contributed by atoms with van der Waals surface area (Å²) in [4.78, 5) is 32.4. The molecule has 0 aliphatic rings. The zero-order valence-corrected chi connectivity index (χ0v) is 15.5. The van der Waals surface area contributed by atoms with Crippen molar-refractivity contribution in [3.8, 4) is 5.75 Å². The number of aromatic nitrogens is 4. The maximum Gasteiger partial charge on any atom is 0.309 e. The van der Waals surface area contributed by atoms with Crippen LogP contribution in [0.15, 0.2) is 24.3 Å². The summed E-state index contributed by atoms with van der Waals surface area (Å²) in [6.45, 7) is 7.26. The van der Waals surface area contributed by atoms with Crippen LogP contribution in [0.4, 0.5) is 0 Å². The average Bonchev–Trinajstić information content (AvgIpc) is 3.05. The van der Waals surface area contributed by atoms with Crippen LogP contribution in [0, 0.1) is 27.7 Å². The van der Waals surface area contributed by atoms with Crippen molar-refractivity contribution in [2.75, 3.05) is 6.61 Å². The molecule has 0 atom stereocenters. The van der Waals surface area contributed by atoms with Crippen LogP contribution in [-0.2, 0) is 4.79 Å². The second kappa shape index (κ2) is 7.40. The molecule has 3 rings (SSSR count). The summed E-state index contributed by atoms with van der Waals surface area (Å²) >= 11 is 0. The number of ether oxygens (including phenoxy) is 1. The number of carbonyl (C=O) groups excluding carboxylic acids is 2. The molecule has 0 spiro atoms. The van der Waals surface area contributed by atoms with Crippen molar-refractivity contribution in [1.29, 1.82) is 0 Å². The molecule has 0 aliphatic carbocycles. The summed E-state index contributed by atoms with van der Waals surface area (Å²) in [7, 11) is 0. The van der Waals surface area contributed by atoms with Gasteiger partial charge in [0, 0.05) is 11.4 Å². The van der Waals surface area contributed by atoms with Gasteiger partial charge >= 0.3 is 5.91 Å². The van der Waals surface area contributed by atoms with Gasteiger partial charge in [-0.05, 0) is 51.0 Å². The Labute approximate surface area is 155 Å². The number of hydrogen-bond donors (Lipinski definition) is 2. The lowest BCUT2D eigenvalue weighted by molar-refractivity contribution is -0.123. The first-order valence-corrected chi connectivity index (χ1v) is 8.34. The third kappa shape index (κ3) is 4.20. The summed E-state index contributed by atoms with van der Waals surface area (Å²) in [5.74, 6) is -0.291. The van der Waals surface area contributed by atoms with E-state index < -0.39 is 11.8 Å². The van der Waals surface area contributed by atoms with Crippen molar-refractivity contribution in [2.24, 2.45) is 0 Å². The van der Waals surface area contributed by atoms with Gasteiger partial charge < -0.3 is 4.74 Å². The van der Waals surface area contributed by atoms with Crippen molar-refractivity contribution in [3.63, 3.8) is 0 Å². The fraction of sp³-hybridized carbons (Fsp3) is 0.278. The summed E-state index contributed by atoms with van der Waals surface area (Å²) in [6, 6.07) is 7.55. The molecular weight excluding hydrogens is 348 g/mol. The third-order valence-electron chi connectivity index (χ3n) is 3.84. The molecule has 0 aliphatic heterocycles. The molecule has 0 radical (unpaired) electrons. The lowest BCUT2D eigenvalue weighted by Crippen LogP contribution is -2.44. The zero-order valence-electron chi connectivity index (χ0n) is 15.5. The number of benzene rings is 1. The van der Waals surface area contributed by atoms with Gasteiger partial charge in [-0.1, -0.05) is 12.1 Å². The van der Waals surface area contributed by atoms with E-state index in [2.05, 4.69) is 25.9 Å². The van der Waals surface area contributed by atoms with Gasteiger partial charge in [0.05, 0.1) is 0 Å². The number of carbonyl (C=O) groups is 2.